The van der Waals surface area contributed by atoms with Crippen molar-refractivity contribution in [2.24, 2.45) is 5.41 Å². The lowest BCUT2D eigenvalue weighted by atomic mass is 9.97. The zero-order valence-electron chi connectivity index (χ0n) is 22.5. The molecule has 0 atom stereocenters. The van der Waals surface area contributed by atoms with Crippen molar-refractivity contribution in [3.05, 3.63) is 83.9 Å². The molecule has 2 aliphatic rings. The van der Waals surface area contributed by atoms with Gasteiger partial charge in [0.2, 0.25) is 0 Å². The maximum atomic E-state index is 12.6. The third-order valence-electron chi connectivity index (χ3n) is 6.69. The highest BCUT2D eigenvalue weighted by molar-refractivity contribution is 5.94. The van der Waals surface area contributed by atoms with Crippen LogP contribution in [-0.4, -0.2) is 44.6 Å². The van der Waals surface area contributed by atoms with Crippen LogP contribution in [0.5, 0.6) is 0 Å². The SMILES string of the molecule is CC(C)(C)CNC(=O)c1nc(-c2ccccc2)n2c1CNCC2.c1ccc(-c2ncc3n2CCNC3)cc1. The van der Waals surface area contributed by atoms with Gasteiger partial charge in [0.25, 0.3) is 5.91 Å². The maximum Gasteiger partial charge on any atom is 0.271 e. The average molecular weight is 512 g/mol. The van der Waals surface area contributed by atoms with Crippen molar-refractivity contribution < 1.29 is 4.79 Å². The van der Waals surface area contributed by atoms with Gasteiger partial charge in [-0.05, 0) is 5.41 Å². The summed E-state index contributed by atoms with van der Waals surface area (Å²) in [6.45, 7) is 12.3. The number of nitrogens with one attached hydrogen (secondary N) is 3. The molecule has 0 bridgehead atoms. The van der Waals surface area contributed by atoms with Crippen LogP contribution in [0.3, 0.4) is 0 Å². The normalized spacial score (nSPS) is 14.6. The topological polar surface area (TPSA) is 88.8 Å². The molecule has 0 radical (unpaired) electrons. The van der Waals surface area contributed by atoms with Crippen LogP contribution in [0.2, 0.25) is 0 Å². The number of amides is 1. The Morgan fingerprint density at radius 1 is 0.868 bits per heavy atom. The Morgan fingerprint density at radius 2 is 1.47 bits per heavy atom. The summed E-state index contributed by atoms with van der Waals surface area (Å²) in [5.74, 6) is 1.88. The highest BCUT2D eigenvalue weighted by Crippen LogP contribution is 2.24. The average Bonchev–Trinajstić information content (AvgIpc) is 3.55. The molecule has 4 aromatic rings. The second-order valence-electron chi connectivity index (χ2n) is 10.9. The first-order valence-electron chi connectivity index (χ1n) is 13.3. The summed E-state index contributed by atoms with van der Waals surface area (Å²) in [4.78, 5) is 21.8. The molecule has 0 unspecified atom stereocenters. The molecule has 8 nitrogen and oxygen atoms in total. The van der Waals surface area contributed by atoms with Crippen LogP contribution in [-0.2, 0) is 26.2 Å². The van der Waals surface area contributed by atoms with Crippen LogP contribution >= 0.6 is 0 Å². The van der Waals surface area contributed by atoms with Gasteiger partial charge >= 0.3 is 0 Å². The van der Waals surface area contributed by atoms with E-state index in [9.17, 15) is 4.79 Å². The molecular weight excluding hydrogens is 474 g/mol. The third kappa shape index (κ3) is 5.87. The van der Waals surface area contributed by atoms with Crippen LogP contribution in [0.1, 0.15) is 42.6 Å². The Balaban J connectivity index is 0.000000168. The molecule has 0 saturated carbocycles. The molecule has 0 aliphatic carbocycles. The van der Waals surface area contributed by atoms with E-state index in [1.807, 2.05) is 42.6 Å². The van der Waals surface area contributed by atoms with E-state index in [2.05, 4.69) is 80.1 Å². The highest BCUT2D eigenvalue weighted by atomic mass is 16.1. The number of benzene rings is 2. The summed E-state index contributed by atoms with van der Waals surface area (Å²) >= 11 is 0. The van der Waals surface area contributed by atoms with E-state index in [0.717, 1.165) is 55.6 Å². The predicted molar refractivity (Wildman–Crippen MR) is 151 cm³/mol. The summed E-state index contributed by atoms with van der Waals surface area (Å²) in [5.41, 5.74) is 5.09. The third-order valence-corrected chi connectivity index (χ3v) is 6.69. The number of imidazole rings is 2. The van der Waals surface area contributed by atoms with Gasteiger partial charge < -0.3 is 25.1 Å². The quantitative estimate of drug-likeness (QED) is 0.384. The summed E-state index contributed by atoms with van der Waals surface area (Å²) in [7, 11) is 0. The second-order valence-corrected chi connectivity index (χ2v) is 10.9. The fourth-order valence-corrected chi connectivity index (χ4v) is 4.75. The van der Waals surface area contributed by atoms with E-state index >= 15 is 0 Å². The van der Waals surface area contributed by atoms with Crippen LogP contribution in [0.25, 0.3) is 22.8 Å². The molecule has 2 aromatic heterocycles. The number of aromatic nitrogens is 4. The van der Waals surface area contributed by atoms with Crippen molar-refractivity contribution in [1.29, 1.82) is 0 Å². The van der Waals surface area contributed by atoms with Gasteiger partial charge in [-0.2, -0.15) is 0 Å². The molecule has 198 valence electrons. The summed E-state index contributed by atoms with van der Waals surface area (Å²) in [5, 5.41) is 9.69. The zero-order valence-corrected chi connectivity index (χ0v) is 22.5. The van der Waals surface area contributed by atoms with E-state index in [4.69, 9.17) is 0 Å². The van der Waals surface area contributed by atoms with Crippen molar-refractivity contribution in [2.45, 2.75) is 47.0 Å². The zero-order chi connectivity index (χ0) is 26.5. The fourth-order valence-electron chi connectivity index (χ4n) is 4.75. The minimum Gasteiger partial charge on any atom is -0.350 e. The van der Waals surface area contributed by atoms with Crippen LogP contribution < -0.4 is 16.0 Å². The maximum absolute atomic E-state index is 12.6. The summed E-state index contributed by atoms with van der Waals surface area (Å²) < 4.78 is 4.46. The lowest BCUT2D eigenvalue weighted by Gasteiger charge is -2.20. The molecule has 1 amide bonds. The number of fused-ring (bicyclic) bond motifs is 2. The number of hydrogen-bond acceptors (Lipinski definition) is 5. The summed E-state index contributed by atoms with van der Waals surface area (Å²) in [6.07, 6.45) is 1.97. The number of rotatable bonds is 4. The van der Waals surface area contributed by atoms with Gasteiger partial charge in [-0.15, -0.1) is 0 Å². The Hall–Kier alpha value is -3.75. The molecule has 2 aromatic carbocycles. The molecule has 0 spiro atoms. The lowest BCUT2D eigenvalue weighted by Crippen LogP contribution is -2.34. The Kier molecular flexibility index (Phi) is 7.72. The van der Waals surface area contributed by atoms with Crippen molar-refractivity contribution in [2.75, 3.05) is 19.6 Å². The fraction of sp³-hybridized carbons (Fsp3) is 0.367. The van der Waals surface area contributed by atoms with Gasteiger partial charge in [0.05, 0.1) is 17.6 Å². The van der Waals surface area contributed by atoms with E-state index < -0.39 is 0 Å². The first-order chi connectivity index (χ1) is 18.4. The molecular formula is C30H37N7O. The van der Waals surface area contributed by atoms with Crippen LogP contribution in [0, 0.1) is 5.41 Å². The van der Waals surface area contributed by atoms with E-state index in [0.29, 0.717) is 18.8 Å². The monoisotopic (exact) mass is 511 g/mol. The lowest BCUT2D eigenvalue weighted by molar-refractivity contribution is 0.0933. The number of carbonyl (C=O) groups is 1. The van der Waals surface area contributed by atoms with E-state index in [1.54, 1.807) is 0 Å². The first kappa shape index (κ1) is 25.9. The van der Waals surface area contributed by atoms with E-state index in [1.165, 1.54) is 11.3 Å². The van der Waals surface area contributed by atoms with Crippen molar-refractivity contribution in [1.82, 2.24) is 35.1 Å². The minimum absolute atomic E-state index is 0.0516. The van der Waals surface area contributed by atoms with Gasteiger partial charge in [0.1, 0.15) is 11.6 Å². The van der Waals surface area contributed by atoms with Gasteiger partial charge in [-0.1, -0.05) is 81.4 Å². The largest absolute Gasteiger partial charge is 0.350 e. The van der Waals surface area contributed by atoms with Crippen molar-refractivity contribution >= 4 is 5.91 Å². The van der Waals surface area contributed by atoms with Gasteiger partial charge in [0.15, 0.2) is 5.69 Å². The Morgan fingerprint density at radius 3 is 2.13 bits per heavy atom. The molecule has 2 aliphatic heterocycles. The Labute approximate surface area is 224 Å². The molecule has 0 fully saturated rings. The number of nitrogens with zero attached hydrogens (tertiary/aromatic N) is 4. The van der Waals surface area contributed by atoms with Crippen LogP contribution in [0.4, 0.5) is 0 Å². The van der Waals surface area contributed by atoms with Gasteiger partial charge in [-0.25, -0.2) is 9.97 Å². The van der Waals surface area contributed by atoms with Crippen molar-refractivity contribution in [3.63, 3.8) is 0 Å². The Bertz CT molecular complexity index is 1370. The van der Waals surface area contributed by atoms with E-state index in [-0.39, 0.29) is 11.3 Å². The van der Waals surface area contributed by atoms with Crippen LogP contribution in [0.15, 0.2) is 66.9 Å². The second kappa shape index (κ2) is 11.3. The van der Waals surface area contributed by atoms with Gasteiger partial charge in [-0.3, -0.25) is 4.79 Å². The molecule has 8 heteroatoms. The molecule has 38 heavy (non-hydrogen) atoms. The minimum atomic E-state index is -0.0884. The summed E-state index contributed by atoms with van der Waals surface area (Å²) in [6, 6.07) is 20.4. The molecule has 6 rings (SSSR count). The van der Waals surface area contributed by atoms with Gasteiger partial charge in [0, 0.05) is 56.9 Å². The predicted octanol–water partition coefficient (Wildman–Crippen LogP) is 4.08. The molecule has 0 saturated heterocycles. The standard InChI is InChI=1S/C18H24N4O.C12H13N3/c1-18(2,3)12-20-17(23)15-14-11-19-9-10-22(14)16(21-15)13-7-5-4-6-8-13;1-2-4-10(5-3-1)12-14-9-11-8-13-6-7-15(11)12/h4-8,19H,9-12H2,1-3H3,(H,20,23);1-5,9,13H,6-8H2. The number of carbonyl (C=O) groups excluding carboxylic acids is 1. The molecule has 3 N–H and O–H groups in total. The molecule has 4 heterocycles. The first-order valence-corrected chi connectivity index (χ1v) is 13.3. The van der Waals surface area contributed by atoms with Crippen molar-refractivity contribution in [3.8, 4) is 22.8 Å². The number of hydrogen-bond donors (Lipinski definition) is 3. The highest BCUT2D eigenvalue weighted by Gasteiger charge is 2.25. The smallest absolute Gasteiger partial charge is 0.271 e.